The molecule has 80 valence electrons. The van der Waals surface area contributed by atoms with Crippen LogP contribution in [0.1, 0.15) is 13.8 Å². The van der Waals surface area contributed by atoms with Crippen molar-refractivity contribution in [2.24, 2.45) is 5.92 Å². The van der Waals surface area contributed by atoms with Crippen LogP contribution in [0.3, 0.4) is 0 Å². The summed E-state index contributed by atoms with van der Waals surface area (Å²) >= 11 is 0. The van der Waals surface area contributed by atoms with E-state index >= 15 is 0 Å². The van der Waals surface area contributed by atoms with Gasteiger partial charge >= 0.3 is 16.1 Å². The van der Waals surface area contributed by atoms with Gasteiger partial charge in [-0.05, 0) is 12.0 Å². The van der Waals surface area contributed by atoms with Crippen LogP contribution in [0, 0.1) is 5.92 Å². The van der Waals surface area contributed by atoms with Gasteiger partial charge in [0.1, 0.15) is 0 Å². The lowest BCUT2D eigenvalue weighted by Gasteiger charge is -2.04. The molecule has 0 aromatic rings. The lowest BCUT2D eigenvalue weighted by Crippen LogP contribution is -2.10. The van der Waals surface area contributed by atoms with Gasteiger partial charge in [-0.3, -0.25) is 4.55 Å². The molecule has 0 bridgehead atoms. The zero-order valence-electron chi connectivity index (χ0n) is 7.93. The molecule has 0 rings (SSSR count). The highest BCUT2D eigenvalue weighted by Crippen LogP contribution is 2.10. The van der Waals surface area contributed by atoms with E-state index in [9.17, 15) is 13.2 Å². The summed E-state index contributed by atoms with van der Waals surface area (Å²) in [5.41, 5.74) is 0. The van der Waals surface area contributed by atoms with Gasteiger partial charge in [0.25, 0.3) is 0 Å². The number of allylic oxidation sites excluding steroid dienone is 1. The predicted octanol–water partition coefficient (Wildman–Crippen LogP) is 1.10. The number of carbonyl (C=O) groups is 1. The van der Waals surface area contributed by atoms with Gasteiger partial charge in [0.05, 0.1) is 0 Å². The van der Waals surface area contributed by atoms with Crippen molar-refractivity contribution in [1.29, 1.82) is 0 Å². The monoisotopic (exact) mass is 220 g/mol. The van der Waals surface area contributed by atoms with E-state index in [2.05, 4.69) is 11.3 Å². The number of hydrogen-bond donors (Lipinski definition) is 1. The summed E-state index contributed by atoms with van der Waals surface area (Å²) in [6.07, 6.45) is 1.93. The first-order valence-electron chi connectivity index (χ1n) is 3.81. The molecule has 0 aliphatic rings. The molecule has 1 N–H and O–H groups in total. The Balaban J connectivity index is 4.95. The molecule has 14 heavy (non-hydrogen) atoms. The smallest absolute Gasteiger partial charge is 0.336 e. The van der Waals surface area contributed by atoms with Crippen LogP contribution >= 0.6 is 0 Å². The third-order valence-corrected chi connectivity index (χ3v) is 1.82. The van der Waals surface area contributed by atoms with Crippen LogP contribution in [0.5, 0.6) is 0 Å². The predicted molar refractivity (Wildman–Crippen MR) is 50.8 cm³/mol. The van der Waals surface area contributed by atoms with Gasteiger partial charge < -0.3 is 4.74 Å². The van der Waals surface area contributed by atoms with Crippen molar-refractivity contribution < 1.29 is 22.5 Å². The van der Waals surface area contributed by atoms with Crippen LogP contribution in [0.4, 0.5) is 0 Å². The highest BCUT2D eigenvalue weighted by atomic mass is 32.2. The van der Waals surface area contributed by atoms with Gasteiger partial charge in [-0.2, -0.15) is 8.42 Å². The fourth-order valence-electron chi connectivity index (χ4n) is 0.586. The highest BCUT2D eigenvalue weighted by Gasteiger charge is 2.18. The maximum absolute atomic E-state index is 10.7. The number of ether oxygens (including phenoxy) is 1. The van der Waals surface area contributed by atoms with Crippen LogP contribution in [-0.4, -0.2) is 18.9 Å². The van der Waals surface area contributed by atoms with E-state index in [0.717, 1.165) is 12.2 Å². The third kappa shape index (κ3) is 4.78. The molecule has 0 unspecified atom stereocenters. The second-order valence-electron chi connectivity index (χ2n) is 2.83. The molecule has 0 aromatic heterocycles. The number of rotatable bonds is 4. The highest BCUT2D eigenvalue weighted by molar-refractivity contribution is 7.89. The lowest BCUT2D eigenvalue weighted by molar-refractivity contribution is -0.133. The maximum Gasteiger partial charge on any atom is 0.336 e. The molecule has 6 heteroatoms. The quantitative estimate of drug-likeness (QED) is 0.332. The number of esters is 1. The Morgan fingerprint density at radius 3 is 2.29 bits per heavy atom. The van der Waals surface area contributed by atoms with Gasteiger partial charge in [-0.1, -0.05) is 20.4 Å². The average Bonchev–Trinajstić information content (AvgIpc) is 2.00. The zero-order valence-corrected chi connectivity index (χ0v) is 8.74. The van der Waals surface area contributed by atoms with Gasteiger partial charge in [0.2, 0.25) is 5.09 Å². The normalized spacial score (nSPS) is 12.7. The first-order valence-corrected chi connectivity index (χ1v) is 5.25. The molecule has 0 saturated carbocycles. The summed E-state index contributed by atoms with van der Waals surface area (Å²) in [6.45, 7) is 6.44. The average molecular weight is 220 g/mol. The maximum atomic E-state index is 10.7. The number of carbonyl (C=O) groups excluding carboxylic acids is 1. The van der Waals surface area contributed by atoms with Crippen molar-refractivity contribution in [2.75, 3.05) is 0 Å². The van der Waals surface area contributed by atoms with E-state index < -0.39 is 21.2 Å². The molecule has 0 aromatic carbocycles. The fourth-order valence-corrected chi connectivity index (χ4v) is 1.22. The third-order valence-electron chi connectivity index (χ3n) is 1.09. The summed E-state index contributed by atoms with van der Waals surface area (Å²) in [4.78, 5) is 10.7. The van der Waals surface area contributed by atoms with Gasteiger partial charge in [-0.15, -0.1) is 0 Å². The Hall–Kier alpha value is -1.14. The molecule has 0 atom stereocenters. The second kappa shape index (κ2) is 4.92. The first-order chi connectivity index (χ1) is 6.27. The van der Waals surface area contributed by atoms with Crippen LogP contribution in [0.25, 0.3) is 0 Å². The van der Waals surface area contributed by atoms with E-state index in [1.807, 2.05) is 0 Å². The Morgan fingerprint density at radius 2 is 2.00 bits per heavy atom. The molecule has 0 spiro atoms. The molecule has 0 aliphatic carbocycles. The number of hydrogen-bond acceptors (Lipinski definition) is 4. The molecule has 0 radical (unpaired) electrons. The van der Waals surface area contributed by atoms with Crippen molar-refractivity contribution in [3.05, 3.63) is 23.8 Å². The molecule has 0 amide bonds. The van der Waals surface area contributed by atoms with Crippen molar-refractivity contribution in [1.82, 2.24) is 0 Å². The second-order valence-corrected chi connectivity index (χ2v) is 4.18. The van der Waals surface area contributed by atoms with E-state index in [4.69, 9.17) is 4.55 Å². The Labute approximate surface area is 82.8 Å². The van der Waals surface area contributed by atoms with Crippen LogP contribution < -0.4 is 0 Å². The zero-order chi connectivity index (χ0) is 11.4. The molecule has 0 saturated heterocycles. The fraction of sp³-hybridized carbons (Fsp3) is 0.375. The van der Waals surface area contributed by atoms with Crippen LogP contribution in [0.15, 0.2) is 23.8 Å². The van der Waals surface area contributed by atoms with E-state index in [0.29, 0.717) is 0 Å². The van der Waals surface area contributed by atoms with Crippen molar-refractivity contribution >= 4 is 16.1 Å². The summed E-state index contributed by atoms with van der Waals surface area (Å²) in [5, 5.41) is -0.766. The summed E-state index contributed by atoms with van der Waals surface area (Å²) in [7, 11) is -4.49. The van der Waals surface area contributed by atoms with Crippen molar-refractivity contribution in [3.8, 4) is 0 Å². The summed E-state index contributed by atoms with van der Waals surface area (Å²) in [5.74, 6) is -1.11. The van der Waals surface area contributed by atoms with E-state index in [1.165, 1.54) is 0 Å². The summed E-state index contributed by atoms with van der Waals surface area (Å²) < 4.78 is 34.4. The van der Waals surface area contributed by atoms with Crippen molar-refractivity contribution in [2.45, 2.75) is 13.8 Å². The first kappa shape index (κ1) is 12.9. The van der Waals surface area contributed by atoms with Gasteiger partial charge in [-0.25, -0.2) is 4.79 Å². The van der Waals surface area contributed by atoms with Crippen molar-refractivity contribution in [3.63, 3.8) is 0 Å². The van der Waals surface area contributed by atoms with E-state index in [-0.39, 0.29) is 5.92 Å². The Bertz CT molecular complexity index is 350. The Morgan fingerprint density at radius 1 is 1.50 bits per heavy atom. The molecular formula is C8H12O5S. The van der Waals surface area contributed by atoms with E-state index in [1.54, 1.807) is 13.8 Å². The lowest BCUT2D eigenvalue weighted by atomic mass is 10.2. The van der Waals surface area contributed by atoms with Crippen LogP contribution in [-0.2, 0) is 19.6 Å². The minimum atomic E-state index is -4.49. The largest absolute Gasteiger partial charge is 0.409 e. The van der Waals surface area contributed by atoms with Gasteiger partial charge in [0, 0.05) is 6.08 Å². The SMILES string of the molecule is C=CC(=O)OC(=CC(C)C)S(=O)(=O)O. The molecular weight excluding hydrogens is 208 g/mol. The molecule has 0 heterocycles. The Kier molecular flexibility index (Phi) is 4.52. The standard InChI is InChI=1S/C8H12O5S/c1-4-7(9)13-8(5-6(2)3)14(10,11)12/h4-6H,1H2,2-3H3,(H,10,11,12). The molecule has 0 fully saturated rings. The summed E-state index contributed by atoms with van der Waals surface area (Å²) in [6, 6.07) is 0. The minimum Gasteiger partial charge on any atom is -0.409 e. The topological polar surface area (TPSA) is 80.7 Å². The molecule has 0 aliphatic heterocycles. The van der Waals surface area contributed by atoms with Crippen LogP contribution in [0.2, 0.25) is 0 Å². The minimum absolute atomic E-state index is 0.176. The van der Waals surface area contributed by atoms with Gasteiger partial charge in [0.15, 0.2) is 0 Å². The molecule has 5 nitrogen and oxygen atoms in total.